The van der Waals surface area contributed by atoms with E-state index in [1.807, 2.05) is 13.0 Å². The summed E-state index contributed by atoms with van der Waals surface area (Å²) in [6.07, 6.45) is 6.92. The number of fused-ring (bicyclic) bond motifs is 2. The minimum Gasteiger partial charge on any atom is -0.481 e. The highest BCUT2D eigenvalue weighted by Crippen LogP contribution is 2.57. The highest BCUT2D eigenvalue weighted by Gasteiger charge is 2.60. The van der Waals surface area contributed by atoms with Crippen molar-refractivity contribution in [2.24, 2.45) is 23.2 Å². The molecular weight excluding hydrogens is 232 g/mol. The molecule has 0 saturated heterocycles. The number of aliphatic carboxylic acids is 1. The molecule has 4 atom stereocenters. The Labute approximate surface area is 107 Å². The lowest BCUT2D eigenvalue weighted by Crippen LogP contribution is -2.46. The maximum absolute atomic E-state index is 12.2. The van der Waals surface area contributed by atoms with Gasteiger partial charge in [-0.15, -0.1) is 0 Å². The number of hydrogen-bond acceptors (Lipinski definition) is 3. The molecule has 0 heterocycles. The van der Waals surface area contributed by atoms with Gasteiger partial charge in [0.1, 0.15) is 0 Å². The number of esters is 1. The average Bonchev–Trinajstić information content (AvgIpc) is 2.95. The van der Waals surface area contributed by atoms with Crippen molar-refractivity contribution in [1.29, 1.82) is 0 Å². The summed E-state index contributed by atoms with van der Waals surface area (Å²) in [6.45, 7) is 1.95. The van der Waals surface area contributed by atoms with Crippen molar-refractivity contribution in [3.05, 3.63) is 12.2 Å². The molecular formula is C14H20O4. The van der Waals surface area contributed by atoms with Crippen molar-refractivity contribution in [3.63, 3.8) is 0 Å². The number of carbonyl (C=O) groups excluding carboxylic acids is 1. The van der Waals surface area contributed by atoms with Crippen LogP contribution in [0.5, 0.6) is 0 Å². The van der Waals surface area contributed by atoms with Gasteiger partial charge in [0.2, 0.25) is 0 Å². The number of methoxy groups -OCH3 is 1. The van der Waals surface area contributed by atoms with Crippen molar-refractivity contribution in [2.75, 3.05) is 7.11 Å². The van der Waals surface area contributed by atoms with Crippen LogP contribution in [0.4, 0.5) is 0 Å². The summed E-state index contributed by atoms with van der Waals surface area (Å²) < 4.78 is 4.93. The number of allylic oxidation sites excluding steroid dienone is 2. The van der Waals surface area contributed by atoms with Crippen LogP contribution in [0, 0.1) is 23.2 Å². The lowest BCUT2D eigenvalue weighted by Gasteiger charge is -2.37. The Morgan fingerprint density at radius 1 is 1.50 bits per heavy atom. The van der Waals surface area contributed by atoms with Gasteiger partial charge >= 0.3 is 11.9 Å². The second-order valence-corrected chi connectivity index (χ2v) is 5.40. The standard InChI is InChI=1S/C14H20O4/c1-3-4-11(12(15)16)14(13(17)18-2)8-9-5-6-10(14)7-9/h5-6,9-11H,3-4,7-8H2,1-2H3,(H,15,16). The van der Waals surface area contributed by atoms with Crippen LogP contribution in [0.1, 0.15) is 32.6 Å². The van der Waals surface area contributed by atoms with Gasteiger partial charge in [-0.25, -0.2) is 0 Å². The summed E-state index contributed by atoms with van der Waals surface area (Å²) in [5.41, 5.74) is -0.837. The Bertz CT molecular complexity index is 387. The predicted octanol–water partition coefficient (Wildman–Crippen LogP) is 2.24. The molecule has 18 heavy (non-hydrogen) atoms. The maximum Gasteiger partial charge on any atom is 0.313 e. The highest BCUT2D eigenvalue weighted by atomic mass is 16.5. The molecule has 4 heteroatoms. The third kappa shape index (κ3) is 1.74. The predicted molar refractivity (Wildman–Crippen MR) is 65.8 cm³/mol. The van der Waals surface area contributed by atoms with Gasteiger partial charge < -0.3 is 9.84 Å². The lowest BCUT2D eigenvalue weighted by atomic mass is 9.65. The Morgan fingerprint density at radius 2 is 2.22 bits per heavy atom. The first kappa shape index (κ1) is 13.1. The van der Waals surface area contributed by atoms with E-state index in [4.69, 9.17) is 4.74 Å². The summed E-state index contributed by atoms with van der Waals surface area (Å²) >= 11 is 0. The molecule has 0 aromatic carbocycles. The van der Waals surface area contributed by atoms with Crippen LogP contribution in [-0.4, -0.2) is 24.2 Å². The van der Waals surface area contributed by atoms with E-state index in [1.165, 1.54) is 7.11 Å². The normalized spacial score (nSPS) is 34.6. The van der Waals surface area contributed by atoms with Crippen LogP contribution >= 0.6 is 0 Å². The van der Waals surface area contributed by atoms with Gasteiger partial charge in [0.25, 0.3) is 0 Å². The van der Waals surface area contributed by atoms with E-state index in [-0.39, 0.29) is 11.9 Å². The van der Waals surface area contributed by atoms with Crippen LogP contribution < -0.4 is 0 Å². The molecule has 0 aliphatic heterocycles. The molecule has 2 aliphatic rings. The van der Waals surface area contributed by atoms with Crippen molar-refractivity contribution in [3.8, 4) is 0 Å². The Kier molecular flexibility index (Phi) is 3.46. The summed E-state index contributed by atoms with van der Waals surface area (Å²) in [7, 11) is 1.35. The molecule has 100 valence electrons. The summed E-state index contributed by atoms with van der Waals surface area (Å²) in [6, 6.07) is 0. The first-order chi connectivity index (χ1) is 8.56. The van der Waals surface area contributed by atoms with E-state index in [0.29, 0.717) is 18.8 Å². The van der Waals surface area contributed by atoms with Crippen LogP contribution in [0.15, 0.2) is 12.2 Å². The van der Waals surface area contributed by atoms with Crippen molar-refractivity contribution in [1.82, 2.24) is 0 Å². The molecule has 1 N–H and O–H groups in total. The molecule has 1 fully saturated rings. The molecule has 0 amide bonds. The second kappa shape index (κ2) is 4.75. The number of carboxylic acids is 1. The van der Waals surface area contributed by atoms with Crippen LogP contribution in [0.3, 0.4) is 0 Å². The van der Waals surface area contributed by atoms with E-state index in [1.54, 1.807) is 0 Å². The zero-order chi connectivity index (χ0) is 13.3. The first-order valence-corrected chi connectivity index (χ1v) is 6.55. The quantitative estimate of drug-likeness (QED) is 0.602. The minimum atomic E-state index is -0.872. The van der Waals surface area contributed by atoms with E-state index < -0.39 is 17.3 Å². The third-order valence-electron chi connectivity index (χ3n) is 4.50. The SMILES string of the molecule is CCCC(C(=O)O)C1(C(=O)OC)CC2C=CC1C2. The summed E-state index contributed by atoms with van der Waals surface area (Å²) in [5.74, 6) is -1.48. The Balaban J connectivity index is 2.39. The van der Waals surface area contributed by atoms with Gasteiger partial charge in [0.15, 0.2) is 0 Å². The fraction of sp³-hybridized carbons (Fsp3) is 0.714. The first-order valence-electron chi connectivity index (χ1n) is 6.55. The van der Waals surface area contributed by atoms with Gasteiger partial charge in [0.05, 0.1) is 18.4 Å². The van der Waals surface area contributed by atoms with Crippen LogP contribution in [-0.2, 0) is 14.3 Å². The average molecular weight is 252 g/mol. The van der Waals surface area contributed by atoms with Gasteiger partial charge in [-0.1, -0.05) is 25.5 Å². The van der Waals surface area contributed by atoms with Crippen molar-refractivity contribution >= 4 is 11.9 Å². The molecule has 1 saturated carbocycles. The largest absolute Gasteiger partial charge is 0.481 e. The molecule has 0 radical (unpaired) electrons. The molecule has 0 aromatic heterocycles. The van der Waals surface area contributed by atoms with E-state index in [2.05, 4.69) is 6.08 Å². The Morgan fingerprint density at radius 3 is 2.61 bits per heavy atom. The number of carboxylic acid groups (broad SMARTS) is 1. The smallest absolute Gasteiger partial charge is 0.313 e. The zero-order valence-electron chi connectivity index (χ0n) is 10.9. The van der Waals surface area contributed by atoms with E-state index in [0.717, 1.165) is 12.8 Å². The monoisotopic (exact) mass is 252 g/mol. The van der Waals surface area contributed by atoms with Crippen LogP contribution in [0.25, 0.3) is 0 Å². The van der Waals surface area contributed by atoms with E-state index in [9.17, 15) is 14.7 Å². The molecule has 2 bridgehead atoms. The van der Waals surface area contributed by atoms with E-state index >= 15 is 0 Å². The number of ether oxygens (including phenoxy) is 1. The Hall–Kier alpha value is -1.32. The molecule has 0 aromatic rings. The van der Waals surface area contributed by atoms with Crippen LogP contribution in [0.2, 0.25) is 0 Å². The van der Waals surface area contributed by atoms with Gasteiger partial charge in [-0.2, -0.15) is 0 Å². The topological polar surface area (TPSA) is 63.6 Å². The van der Waals surface area contributed by atoms with Crippen molar-refractivity contribution < 1.29 is 19.4 Å². The lowest BCUT2D eigenvalue weighted by molar-refractivity contribution is -0.168. The molecule has 0 spiro atoms. The molecule has 2 aliphatic carbocycles. The fourth-order valence-corrected chi connectivity index (χ4v) is 3.75. The summed E-state index contributed by atoms with van der Waals surface area (Å²) in [4.78, 5) is 23.8. The van der Waals surface area contributed by atoms with Gasteiger partial charge in [-0.05, 0) is 31.1 Å². The molecule has 4 unspecified atom stereocenters. The second-order valence-electron chi connectivity index (χ2n) is 5.40. The minimum absolute atomic E-state index is 0.0302. The van der Waals surface area contributed by atoms with Gasteiger partial charge in [-0.3, -0.25) is 9.59 Å². The molecule has 4 nitrogen and oxygen atoms in total. The van der Waals surface area contributed by atoms with Gasteiger partial charge in [0, 0.05) is 0 Å². The third-order valence-corrected chi connectivity index (χ3v) is 4.50. The zero-order valence-corrected chi connectivity index (χ0v) is 10.9. The maximum atomic E-state index is 12.2. The fourth-order valence-electron chi connectivity index (χ4n) is 3.75. The molecule has 2 rings (SSSR count). The summed E-state index contributed by atoms with van der Waals surface area (Å²) in [5, 5.41) is 9.47. The van der Waals surface area contributed by atoms with Crippen molar-refractivity contribution in [2.45, 2.75) is 32.6 Å². The number of rotatable bonds is 5. The number of carbonyl (C=O) groups is 2. The number of hydrogen-bond donors (Lipinski definition) is 1. The highest BCUT2D eigenvalue weighted by molar-refractivity contribution is 5.86.